The average Bonchev–Trinajstić information content (AvgIpc) is 3.27. The molecule has 2 fully saturated rings. The standard InChI is InChI=1S/C17H20ClNO3/c1-10-11(17(21)22)6-4-8-19(10)16(20)14-9-13(14)12-5-2-3-7-15(12)18/h2-3,5,7,10-11,13-14H,4,6,8-9H2,1H3,(H,21,22)/t10-,11-,13?,14?/m1/s1. The first-order valence-corrected chi connectivity index (χ1v) is 8.16. The van der Waals surface area contributed by atoms with Gasteiger partial charge in [0, 0.05) is 23.5 Å². The Morgan fingerprint density at radius 3 is 2.68 bits per heavy atom. The monoisotopic (exact) mass is 321 g/mol. The van der Waals surface area contributed by atoms with Gasteiger partial charge in [-0.1, -0.05) is 29.8 Å². The highest BCUT2D eigenvalue weighted by molar-refractivity contribution is 6.31. The van der Waals surface area contributed by atoms with Crippen LogP contribution >= 0.6 is 11.6 Å². The number of hydrogen-bond donors (Lipinski definition) is 1. The van der Waals surface area contributed by atoms with E-state index < -0.39 is 11.9 Å². The first-order valence-electron chi connectivity index (χ1n) is 7.78. The summed E-state index contributed by atoms with van der Waals surface area (Å²) in [5.41, 5.74) is 1.03. The van der Waals surface area contributed by atoms with Crippen LogP contribution in [0.1, 0.15) is 37.7 Å². The summed E-state index contributed by atoms with van der Waals surface area (Å²) in [6.45, 7) is 2.51. The fourth-order valence-corrected chi connectivity index (χ4v) is 3.86. The molecule has 1 aliphatic carbocycles. The second-order valence-corrected chi connectivity index (χ2v) is 6.74. The van der Waals surface area contributed by atoms with E-state index in [1.807, 2.05) is 31.2 Å². The van der Waals surface area contributed by atoms with E-state index in [1.54, 1.807) is 4.90 Å². The smallest absolute Gasteiger partial charge is 0.308 e. The number of hydrogen-bond acceptors (Lipinski definition) is 2. The maximum absolute atomic E-state index is 12.7. The van der Waals surface area contributed by atoms with Crippen molar-refractivity contribution in [1.29, 1.82) is 0 Å². The maximum Gasteiger partial charge on any atom is 0.308 e. The minimum Gasteiger partial charge on any atom is -0.481 e. The summed E-state index contributed by atoms with van der Waals surface area (Å²) >= 11 is 6.21. The Kier molecular flexibility index (Phi) is 4.13. The third kappa shape index (κ3) is 2.72. The Morgan fingerprint density at radius 1 is 1.27 bits per heavy atom. The van der Waals surface area contributed by atoms with Crippen LogP contribution in [0.15, 0.2) is 24.3 Å². The third-order valence-corrected chi connectivity index (χ3v) is 5.34. The largest absolute Gasteiger partial charge is 0.481 e. The Morgan fingerprint density at radius 2 is 2.00 bits per heavy atom. The number of carboxylic acid groups (broad SMARTS) is 1. The van der Waals surface area contributed by atoms with E-state index in [-0.39, 0.29) is 23.8 Å². The van der Waals surface area contributed by atoms with Crippen molar-refractivity contribution in [3.8, 4) is 0 Å². The molecule has 0 aromatic heterocycles. The molecule has 4 nitrogen and oxygen atoms in total. The van der Waals surface area contributed by atoms with Gasteiger partial charge < -0.3 is 10.0 Å². The molecule has 22 heavy (non-hydrogen) atoms. The zero-order valence-electron chi connectivity index (χ0n) is 12.5. The van der Waals surface area contributed by atoms with Crippen LogP contribution < -0.4 is 0 Å². The highest BCUT2D eigenvalue weighted by Gasteiger charge is 2.48. The molecule has 1 aliphatic heterocycles. The molecule has 0 spiro atoms. The van der Waals surface area contributed by atoms with Crippen LogP contribution in [0.3, 0.4) is 0 Å². The van der Waals surface area contributed by atoms with Gasteiger partial charge in [-0.3, -0.25) is 9.59 Å². The number of halogens is 1. The lowest BCUT2D eigenvalue weighted by Crippen LogP contribution is -2.49. The molecule has 1 saturated carbocycles. The lowest BCUT2D eigenvalue weighted by atomic mass is 9.90. The quantitative estimate of drug-likeness (QED) is 0.930. The number of carbonyl (C=O) groups is 2. The molecule has 5 heteroatoms. The number of benzene rings is 1. The summed E-state index contributed by atoms with van der Waals surface area (Å²) < 4.78 is 0. The second kappa shape index (κ2) is 5.92. The summed E-state index contributed by atoms with van der Waals surface area (Å²) in [5, 5.41) is 9.98. The highest BCUT2D eigenvalue weighted by Crippen LogP contribution is 2.51. The predicted octanol–water partition coefficient (Wildman–Crippen LogP) is 3.16. The maximum atomic E-state index is 12.7. The first-order chi connectivity index (χ1) is 10.5. The van der Waals surface area contributed by atoms with Crippen LogP contribution in [0, 0.1) is 11.8 Å². The number of likely N-dealkylation sites (tertiary alicyclic amines) is 1. The van der Waals surface area contributed by atoms with Crippen molar-refractivity contribution in [1.82, 2.24) is 4.90 Å². The molecule has 1 heterocycles. The Labute approximate surface area is 135 Å². The number of carbonyl (C=O) groups excluding carboxylic acids is 1. The lowest BCUT2D eigenvalue weighted by molar-refractivity contribution is -0.149. The summed E-state index contributed by atoms with van der Waals surface area (Å²) in [6.07, 6.45) is 2.22. The fraction of sp³-hybridized carbons (Fsp3) is 0.529. The van der Waals surface area contributed by atoms with Crippen LogP contribution in [-0.4, -0.2) is 34.5 Å². The molecule has 2 unspecified atom stereocenters. The minimum atomic E-state index is -0.802. The third-order valence-electron chi connectivity index (χ3n) is 5.00. The van der Waals surface area contributed by atoms with E-state index in [2.05, 4.69) is 0 Å². The van der Waals surface area contributed by atoms with Gasteiger partial charge in [0.05, 0.1) is 5.92 Å². The van der Waals surface area contributed by atoms with Crippen molar-refractivity contribution >= 4 is 23.5 Å². The van der Waals surface area contributed by atoms with Crippen molar-refractivity contribution in [2.24, 2.45) is 11.8 Å². The molecule has 2 aliphatic rings. The van der Waals surface area contributed by atoms with Crippen molar-refractivity contribution in [3.63, 3.8) is 0 Å². The van der Waals surface area contributed by atoms with Crippen LogP contribution in [0.4, 0.5) is 0 Å². The molecule has 1 aromatic carbocycles. The van der Waals surface area contributed by atoms with Crippen LogP contribution in [0.25, 0.3) is 0 Å². The number of nitrogens with zero attached hydrogens (tertiary/aromatic N) is 1. The van der Waals surface area contributed by atoms with Gasteiger partial charge in [0.15, 0.2) is 0 Å². The van der Waals surface area contributed by atoms with Gasteiger partial charge in [-0.25, -0.2) is 0 Å². The predicted molar refractivity (Wildman–Crippen MR) is 83.8 cm³/mol. The molecule has 1 saturated heterocycles. The lowest BCUT2D eigenvalue weighted by Gasteiger charge is -2.37. The zero-order chi connectivity index (χ0) is 15.9. The van der Waals surface area contributed by atoms with E-state index in [0.29, 0.717) is 18.0 Å². The van der Waals surface area contributed by atoms with Gasteiger partial charge in [-0.15, -0.1) is 0 Å². The summed E-state index contributed by atoms with van der Waals surface area (Å²) in [5.74, 6) is -1.03. The molecule has 1 N–H and O–H groups in total. The van der Waals surface area contributed by atoms with E-state index in [9.17, 15) is 14.7 Å². The molecule has 0 radical (unpaired) electrons. The van der Waals surface area contributed by atoms with E-state index in [1.165, 1.54) is 0 Å². The van der Waals surface area contributed by atoms with Crippen LogP contribution in [0.5, 0.6) is 0 Å². The molecule has 0 bridgehead atoms. The number of amides is 1. The zero-order valence-corrected chi connectivity index (χ0v) is 13.3. The van der Waals surface area contributed by atoms with Gasteiger partial charge in [0.1, 0.15) is 0 Å². The van der Waals surface area contributed by atoms with Crippen molar-refractivity contribution < 1.29 is 14.7 Å². The molecule has 118 valence electrons. The summed E-state index contributed by atoms with van der Waals surface area (Å²) in [7, 11) is 0. The van der Waals surface area contributed by atoms with Crippen LogP contribution in [-0.2, 0) is 9.59 Å². The van der Waals surface area contributed by atoms with Crippen molar-refractivity contribution in [3.05, 3.63) is 34.9 Å². The average molecular weight is 322 g/mol. The van der Waals surface area contributed by atoms with Crippen molar-refractivity contribution in [2.75, 3.05) is 6.54 Å². The van der Waals surface area contributed by atoms with Crippen LogP contribution in [0.2, 0.25) is 5.02 Å². The van der Waals surface area contributed by atoms with E-state index >= 15 is 0 Å². The van der Waals surface area contributed by atoms with Gasteiger partial charge in [0.2, 0.25) is 5.91 Å². The van der Waals surface area contributed by atoms with Gasteiger partial charge in [-0.2, -0.15) is 0 Å². The van der Waals surface area contributed by atoms with E-state index in [0.717, 1.165) is 18.4 Å². The SMILES string of the molecule is C[C@@H]1[C@H](C(=O)O)CCCN1C(=O)C1CC1c1ccccc1Cl. The molecular weight excluding hydrogens is 302 g/mol. The highest BCUT2D eigenvalue weighted by atomic mass is 35.5. The molecule has 1 aromatic rings. The minimum absolute atomic E-state index is 0.0464. The molecular formula is C17H20ClNO3. The molecule has 1 amide bonds. The number of rotatable bonds is 3. The summed E-state index contributed by atoms with van der Waals surface area (Å²) in [6, 6.07) is 7.41. The van der Waals surface area contributed by atoms with Gasteiger partial charge in [0.25, 0.3) is 0 Å². The summed E-state index contributed by atoms with van der Waals surface area (Å²) in [4.78, 5) is 25.8. The molecule has 4 atom stereocenters. The fourth-order valence-electron chi connectivity index (χ4n) is 3.58. The Balaban J connectivity index is 1.71. The van der Waals surface area contributed by atoms with E-state index in [4.69, 9.17) is 11.6 Å². The Bertz CT molecular complexity index is 603. The van der Waals surface area contributed by atoms with Crippen molar-refractivity contribution in [2.45, 2.75) is 38.1 Å². The van der Waals surface area contributed by atoms with Gasteiger partial charge >= 0.3 is 5.97 Å². The van der Waals surface area contributed by atoms with Gasteiger partial charge in [-0.05, 0) is 43.7 Å². The Hall–Kier alpha value is -1.55. The number of piperidine rings is 1. The molecule has 3 rings (SSSR count). The first kappa shape index (κ1) is 15.3. The normalized spacial score (nSPS) is 30.9. The topological polar surface area (TPSA) is 57.6 Å². The second-order valence-electron chi connectivity index (χ2n) is 6.33. The number of carboxylic acids is 1. The number of aliphatic carboxylic acids is 1.